The number of carbonyl (C=O) groups excluding carboxylic acids is 2. The van der Waals surface area contributed by atoms with Crippen LogP contribution in [0.15, 0.2) is 113 Å². The fraction of sp³-hybridized carbons (Fsp3) is 0.118. The maximum atomic E-state index is 13.6. The zero-order valence-corrected chi connectivity index (χ0v) is 25.9. The molecule has 1 aliphatic heterocycles. The van der Waals surface area contributed by atoms with Crippen LogP contribution in [-0.2, 0) is 21.9 Å². The fourth-order valence-corrected chi connectivity index (χ4v) is 6.99. The summed E-state index contributed by atoms with van der Waals surface area (Å²) in [6.07, 6.45) is 0. The molecule has 44 heavy (non-hydrogen) atoms. The fourth-order valence-electron chi connectivity index (χ4n) is 4.84. The summed E-state index contributed by atoms with van der Waals surface area (Å²) in [5.41, 5.74) is 3.94. The average molecular weight is 640 g/mol. The Morgan fingerprint density at radius 1 is 0.955 bits per heavy atom. The smallest absolute Gasteiger partial charge is 0.301 e. The van der Waals surface area contributed by atoms with Gasteiger partial charge >= 0.3 is 5.91 Å². The van der Waals surface area contributed by atoms with E-state index in [1.807, 2.05) is 79.7 Å². The summed E-state index contributed by atoms with van der Waals surface area (Å²) in [4.78, 5) is 28.5. The van der Waals surface area contributed by atoms with Gasteiger partial charge in [-0.15, -0.1) is 10.2 Å². The average Bonchev–Trinajstić information content (AvgIpc) is 3.62. The largest absolute Gasteiger partial charge is 0.507 e. The molecular weight excluding hydrogens is 614 g/mol. The molecule has 2 heterocycles. The lowest BCUT2D eigenvalue weighted by atomic mass is 9.95. The van der Waals surface area contributed by atoms with Gasteiger partial charge in [0.2, 0.25) is 5.13 Å². The molecule has 1 atom stereocenters. The standard InChI is InChI=1S/C34H26ClN3O4S2/c1-21-14-16-23(17-15-21)30(39)28-29(24-11-7-12-26(18-24)42-19-22-8-3-2-4-9-22)38(32(41)31(28)40)33-36-37-34(44-33)43-20-25-10-5-6-13-27(25)35/h2-18,29,39H,19-20H2,1H3. The molecule has 1 amide bonds. The zero-order valence-electron chi connectivity index (χ0n) is 23.5. The Labute approximate surface area is 267 Å². The summed E-state index contributed by atoms with van der Waals surface area (Å²) in [5, 5.41) is 21.0. The SMILES string of the molecule is Cc1ccc(C(O)=C2C(=O)C(=O)N(c3nnc(SCc4ccccc4Cl)s3)C2c2cccc(OCc3ccccc3)c2)cc1. The molecule has 0 bridgehead atoms. The van der Waals surface area contributed by atoms with Gasteiger partial charge in [-0.25, -0.2) is 0 Å². The molecule has 10 heteroatoms. The van der Waals surface area contributed by atoms with Crippen LogP contribution < -0.4 is 9.64 Å². The van der Waals surface area contributed by atoms with Crippen LogP contribution in [0.5, 0.6) is 5.75 Å². The molecule has 0 aliphatic carbocycles. The number of rotatable bonds is 9. The molecule has 1 aliphatic rings. The number of aliphatic hydroxyl groups is 1. The molecule has 5 aromatic rings. The molecule has 1 saturated heterocycles. The van der Waals surface area contributed by atoms with Crippen molar-refractivity contribution in [2.45, 2.75) is 29.7 Å². The number of ether oxygens (including phenoxy) is 1. The predicted molar refractivity (Wildman–Crippen MR) is 174 cm³/mol. The highest BCUT2D eigenvalue weighted by Gasteiger charge is 2.48. The first kappa shape index (κ1) is 29.6. The molecule has 1 fully saturated rings. The minimum absolute atomic E-state index is 0.0282. The van der Waals surface area contributed by atoms with E-state index >= 15 is 0 Å². The molecule has 6 rings (SSSR count). The maximum absolute atomic E-state index is 13.6. The first-order chi connectivity index (χ1) is 21.4. The zero-order chi connectivity index (χ0) is 30.6. The van der Waals surface area contributed by atoms with Gasteiger partial charge in [0.25, 0.3) is 5.78 Å². The number of ketones is 1. The van der Waals surface area contributed by atoms with Crippen molar-refractivity contribution in [3.63, 3.8) is 0 Å². The Kier molecular flexibility index (Phi) is 8.79. The van der Waals surface area contributed by atoms with Gasteiger partial charge in [0.1, 0.15) is 18.1 Å². The lowest BCUT2D eigenvalue weighted by molar-refractivity contribution is -0.132. The number of hydrogen-bond acceptors (Lipinski definition) is 8. The highest BCUT2D eigenvalue weighted by Crippen LogP contribution is 2.44. The number of aryl methyl sites for hydroxylation is 1. The molecule has 220 valence electrons. The number of carbonyl (C=O) groups is 2. The number of amides is 1. The van der Waals surface area contributed by atoms with Crippen LogP contribution in [0.25, 0.3) is 5.76 Å². The number of hydrogen-bond donors (Lipinski definition) is 1. The van der Waals surface area contributed by atoms with Crippen LogP contribution in [0, 0.1) is 6.92 Å². The number of nitrogens with zero attached hydrogens (tertiary/aromatic N) is 3. The summed E-state index contributed by atoms with van der Waals surface area (Å²) in [7, 11) is 0. The van der Waals surface area contributed by atoms with E-state index in [0.29, 0.717) is 38.6 Å². The van der Waals surface area contributed by atoms with Crippen LogP contribution in [0.2, 0.25) is 5.02 Å². The van der Waals surface area contributed by atoms with E-state index in [9.17, 15) is 14.7 Å². The van der Waals surface area contributed by atoms with E-state index in [2.05, 4.69) is 10.2 Å². The quantitative estimate of drug-likeness (QED) is 0.0574. The van der Waals surface area contributed by atoms with Gasteiger partial charge in [0.15, 0.2) is 4.34 Å². The summed E-state index contributed by atoms with van der Waals surface area (Å²) in [5.74, 6) is -0.739. The van der Waals surface area contributed by atoms with Gasteiger partial charge in [0.05, 0.1) is 11.6 Å². The van der Waals surface area contributed by atoms with Crippen molar-refractivity contribution in [1.29, 1.82) is 0 Å². The number of aliphatic hydroxyl groups excluding tert-OH is 1. The van der Waals surface area contributed by atoms with Crippen LogP contribution in [0.4, 0.5) is 5.13 Å². The van der Waals surface area contributed by atoms with E-state index in [-0.39, 0.29) is 16.5 Å². The monoisotopic (exact) mass is 639 g/mol. The number of aromatic nitrogens is 2. The molecule has 0 radical (unpaired) electrons. The van der Waals surface area contributed by atoms with E-state index < -0.39 is 17.7 Å². The molecule has 0 spiro atoms. The second-order valence-electron chi connectivity index (χ2n) is 10.1. The molecule has 7 nitrogen and oxygen atoms in total. The van der Waals surface area contributed by atoms with Gasteiger partial charge in [0, 0.05) is 16.3 Å². The minimum Gasteiger partial charge on any atom is -0.507 e. The van der Waals surface area contributed by atoms with E-state index in [1.165, 1.54) is 28.0 Å². The van der Waals surface area contributed by atoms with E-state index in [4.69, 9.17) is 16.3 Å². The lowest BCUT2D eigenvalue weighted by Gasteiger charge is -2.23. The predicted octanol–water partition coefficient (Wildman–Crippen LogP) is 8.00. The molecule has 0 saturated carbocycles. The van der Waals surface area contributed by atoms with Crippen molar-refractivity contribution in [2.24, 2.45) is 0 Å². The molecule has 1 N–H and O–H groups in total. The Balaban J connectivity index is 1.37. The summed E-state index contributed by atoms with van der Waals surface area (Å²) >= 11 is 8.95. The van der Waals surface area contributed by atoms with Crippen LogP contribution in [-0.4, -0.2) is 27.0 Å². The van der Waals surface area contributed by atoms with Crippen molar-refractivity contribution < 1.29 is 19.4 Å². The van der Waals surface area contributed by atoms with Crippen molar-refractivity contribution in [3.8, 4) is 5.75 Å². The number of Topliss-reactive ketones (excluding diaryl/α,β-unsaturated/α-hetero) is 1. The van der Waals surface area contributed by atoms with Crippen molar-refractivity contribution in [2.75, 3.05) is 4.90 Å². The van der Waals surface area contributed by atoms with Crippen molar-refractivity contribution in [1.82, 2.24) is 10.2 Å². The van der Waals surface area contributed by atoms with Crippen molar-refractivity contribution in [3.05, 3.63) is 142 Å². The van der Waals surface area contributed by atoms with Crippen molar-refractivity contribution >= 4 is 57.3 Å². The van der Waals surface area contributed by atoms with E-state index in [0.717, 1.165) is 16.7 Å². The third-order valence-corrected chi connectivity index (χ3v) is 9.58. The molecular formula is C34H26ClN3O4S2. The van der Waals surface area contributed by atoms with Gasteiger partial charge < -0.3 is 9.84 Å². The topological polar surface area (TPSA) is 92.6 Å². The summed E-state index contributed by atoms with van der Waals surface area (Å²) in [6, 6.07) is 30.7. The van der Waals surface area contributed by atoms with Crippen LogP contribution >= 0.6 is 34.7 Å². The molecule has 4 aromatic carbocycles. The van der Waals surface area contributed by atoms with Gasteiger partial charge in [-0.2, -0.15) is 0 Å². The third-order valence-electron chi connectivity index (χ3n) is 7.10. The second-order valence-corrected chi connectivity index (χ2v) is 12.7. The highest BCUT2D eigenvalue weighted by atomic mass is 35.5. The van der Waals surface area contributed by atoms with Gasteiger partial charge in [-0.1, -0.05) is 125 Å². The van der Waals surface area contributed by atoms with E-state index in [1.54, 1.807) is 30.3 Å². The first-order valence-corrected chi connectivity index (χ1v) is 15.9. The number of anilines is 1. The normalized spacial score (nSPS) is 16.0. The van der Waals surface area contributed by atoms with Crippen LogP contribution in [0.3, 0.4) is 0 Å². The van der Waals surface area contributed by atoms with Crippen LogP contribution in [0.1, 0.15) is 33.9 Å². The molecule has 1 unspecified atom stereocenters. The summed E-state index contributed by atoms with van der Waals surface area (Å²) < 4.78 is 6.67. The Hall–Kier alpha value is -4.44. The Bertz CT molecular complexity index is 1860. The number of halogens is 1. The maximum Gasteiger partial charge on any atom is 0.301 e. The second kappa shape index (κ2) is 13.1. The Morgan fingerprint density at radius 2 is 1.70 bits per heavy atom. The number of benzene rings is 4. The first-order valence-electron chi connectivity index (χ1n) is 13.7. The molecule has 1 aromatic heterocycles. The Morgan fingerprint density at radius 3 is 2.48 bits per heavy atom. The number of thioether (sulfide) groups is 1. The van der Waals surface area contributed by atoms with Gasteiger partial charge in [-0.3, -0.25) is 14.5 Å². The van der Waals surface area contributed by atoms with Gasteiger partial charge in [-0.05, 0) is 41.8 Å². The summed E-state index contributed by atoms with van der Waals surface area (Å²) in [6.45, 7) is 2.27. The lowest BCUT2D eigenvalue weighted by Crippen LogP contribution is -2.29. The third kappa shape index (κ3) is 6.26. The highest BCUT2D eigenvalue weighted by molar-refractivity contribution is 8.00. The minimum atomic E-state index is -0.953.